The summed E-state index contributed by atoms with van der Waals surface area (Å²) >= 11 is 0. The standard InChI is InChI=1S/C18H25NO/c1-17(2,3)14-11-13(19-9-7-8-10-19)12-15(16(14)20)18(4,5)6/h7-12,20H,1-6H3. The number of aromatic hydroxyl groups is 1. The van der Waals surface area contributed by atoms with Crippen LogP contribution in [0.25, 0.3) is 5.69 Å². The monoisotopic (exact) mass is 271 g/mol. The summed E-state index contributed by atoms with van der Waals surface area (Å²) in [5, 5.41) is 10.7. The van der Waals surface area contributed by atoms with Crippen LogP contribution >= 0.6 is 0 Å². The van der Waals surface area contributed by atoms with E-state index in [-0.39, 0.29) is 10.8 Å². The summed E-state index contributed by atoms with van der Waals surface area (Å²) in [5.41, 5.74) is 2.91. The number of phenolic OH excluding ortho intramolecular Hbond substituents is 1. The Morgan fingerprint density at radius 2 is 1.20 bits per heavy atom. The number of hydrogen-bond acceptors (Lipinski definition) is 1. The molecular weight excluding hydrogens is 246 g/mol. The fourth-order valence-corrected chi connectivity index (χ4v) is 2.42. The van der Waals surface area contributed by atoms with Crippen molar-refractivity contribution < 1.29 is 5.11 Å². The van der Waals surface area contributed by atoms with Crippen LogP contribution in [0.15, 0.2) is 36.7 Å². The van der Waals surface area contributed by atoms with Crippen molar-refractivity contribution >= 4 is 0 Å². The Morgan fingerprint density at radius 3 is 1.55 bits per heavy atom. The molecule has 1 heterocycles. The van der Waals surface area contributed by atoms with Crippen LogP contribution in [0.5, 0.6) is 5.75 Å². The van der Waals surface area contributed by atoms with E-state index in [4.69, 9.17) is 0 Å². The van der Waals surface area contributed by atoms with Crippen molar-refractivity contribution in [2.24, 2.45) is 0 Å². The van der Waals surface area contributed by atoms with E-state index in [1.165, 1.54) is 0 Å². The molecule has 0 spiro atoms. The molecule has 108 valence electrons. The lowest BCUT2D eigenvalue weighted by Gasteiger charge is -2.28. The Morgan fingerprint density at radius 1 is 0.800 bits per heavy atom. The molecule has 0 saturated carbocycles. The van der Waals surface area contributed by atoms with E-state index in [0.717, 1.165) is 16.8 Å². The maximum atomic E-state index is 10.7. The van der Waals surface area contributed by atoms with Crippen molar-refractivity contribution in [2.75, 3.05) is 0 Å². The third kappa shape index (κ3) is 2.74. The number of phenols is 1. The lowest BCUT2D eigenvalue weighted by atomic mass is 9.79. The van der Waals surface area contributed by atoms with Gasteiger partial charge in [-0.1, -0.05) is 41.5 Å². The molecule has 2 aromatic rings. The summed E-state index contributed by atoms with van der Waals surface area (Å²) in [6, 6.07) is 8.20. The molecule has 0 radical (unpaired) electrons. The van der Waals surface area contributed by atoms with Gasteiger partial charge in [0.15, 0.2) is 0 Å². The molecule has 1 aromatic carbocycles. The van der Waals surface area contributed by atoms with E-state index >= 15 is 0 Å². The molecule has 0 bridgehead atoms. The maximum absolute atomic E-state index is 10.7. The first-order chi connectivity index (χ1) is 9.10. The van der Waals surface area contributed by atoms with Crippen LogP contribution in [-0.4, -0.2) is 9.67 Å². The summed E-state index contributed by atoms with van der Waals surface area (Å²) in [6.45, 7) is 12.8. The van der Waals surface area contributed by atoms with Gasteiger partial charge in [0.2, 0.25) is 0 Å². The van der Waals surface area contributed by atoms with Gasteiger partial charge in [0, 0.05) is 29.2 Å². The zero-order valence-corrected chi connectivity index (χ0v) is 13.4. The Hall–Kier alpha value is -1.70. The van der Waals surface area contributed by atoms with E-state index in [1.807, 2.05) is 24.5 Å². The van der Waals surface area contributed by atoms with Crippen LogP contribution in [-0.2, 0) is 10.8 Å². The summed E-state index contributed by atoms with van der Waals surface area (Å²) < 4.78 is 2.09. The Labute approximate surface area is 122 Å². The molecule has 20 heavy (non-hydrogen) atoms. The van der Waals surface area contributed by atoms with Gasteiger partial charge in [0.25, 0.3) is 0 Å². The third-order valence-electron chi connectivity index (χ3n) is 3.61. The van der Waals surface area contributed by atoms with Crippen molar-refractivity contribution in [3.63, 3.8) is 0 Å². The highest BCUT2D eigenvalue weighted by Gasteiger charge is 2.26. The molecule has 2 rings (SSSR count). The molecule has 0 atom stereocenters. The van der Waals surface area contributed by atoms with Gasteiger partial charge >= 0.3 is 0 Å². The van der Waals surface area contributed by atoms with Crippen LogP contribution in [0.3, 0.4) is 0 Å². The second kappa shape index (κ2) is 4.69. The van der Waals surface area contributed by atoms with Crippen molar-refractivity contribution in [1.82, 2.24) is 4.57 Å². The zero-order chi connectivity index (χ0) is 15.1. The molecular formula is C18H25NO. The first-order valence-corrected chi connectivity index (χ1v) is 7.12. The van der Waals surface area contributed by atoms with Crippen LogP contribution in [0, 0.1) is 0 Å². The quantitative estimate of drug-likeness (QED) is 0.793. The smallest absolute Gasteiger partial charge is 0.123 e. The van der Waals surface area contributed by atoms with E-state index in [9.17, 15) is 5.11 Å². The number of rotatable bonds is 1. The van der Waals surface area contributed by atoms with Gasteiger partial charge < -0.3 is 9.67 Å². The van der Waals surface area contributed by atoms with Crippen molar-refractivity contribution in [2.45, 2.75) is 52.4 Å². The van der Waals surface area contributed by atoms with Crippen LogP contribution in [0.2, 0.25) is 0 Å². The van der Waals surface area contributed by atoms with Crippen molar-refractivity contribution in [3.05, 3.63) is 47.8 Å². The van der Waals surface area contributed by atoms with Gasteiger partial charge in [-0.15, -0.1) is 0 Å². The summed E-state index contributed by atoms with van der Waals surface area (Å²) in [5.74, 6) is 0.431. The van der Waals surface area contributed by atoms with Gasteiger partial charge in [-0.3, -0.25) is 0 Å². The first-order valence-electron chi connectivity index (χ1n) is 7.12. The molecule has 1 N–H and O–H groups in total. The average molecular weight is 271 g/mol. The Bertz CT molecular complexity index is 560. The lowest BCUT2D eigenvalue weighted by molar-refractivity contribution is 0.423. The second-order valence-electron chi connectivity index (χ2n) is 7.48. The minimum absolute atomic E-state index is 0.0900. The second-order valence-corrected chi connectivity index (χ2v) is 7.48. The van der Waals surface area contributed by atoms with Gasteiger partial charge in [0.1, 0.15) is 5.75 Å². The summed E-state index contributed by atoms with van der Waals surface area (Å²) in [7, 11) is 0. The van der Waals surface area contributed by atoms with Gasteiger partial charge in [-0.05, 0) is 35.1 Å². The van der Waals surface area contributed by atoms with Gasteiger partial charge in [0.05, 0.1) is 0 Å². The molecule has 0 aliphatic rings. The highest BCUT2D eigenvalue weighted by atomic mass is 16.3. The van der Waals surface area contributed by atoms with Crippen LogP contribution in [0.4, 0.5) is 0 Å². The topological polar surface area (TPSA) is 25.2 Å². The molecule has 2 nitrogen and oxygen atoms in total. The van der Waals surface area contributed by atoms with Crippen LogP contribution < -0.4 is 0 Å². The molecule has 0 amide bonds. The molecule has 0 aliphatic carbocycles. The fourth-order valence-electron chi connectivity index (χ4n) is 2.42. The summed E-state index contributed by atoms with van der Waals surface area (Å²) in [4.78, 5) is 0. The molecule has 0 saturated heterocycles. The molecule has 1 aromatic heterocycles. The average Bonchev–Trinajstić information content (AvgIpc) is 2.79. The predicted octanol–water partition coefficient (Wildman–Crippen LogP) is 4.78. The molecule has 0 unspecified atom stereocenters. The number of nitrogens with zero attached hydrogens (tertiary/aromatic N) is 1. The predicted molar refractivity (Wildman–Crippen MR) is 84.8 cm³/mol. The number of aromatic nitrogens is 1. The van der Waals surface area contributed by atoms with E-state index in [0.29, 0.717) is 5.75 Å². The van der Waals surface area contributed by atoms with E-state index in [1.54, 1.807) is 0 Å². The third-order valence-corrected chi connectivity index (χ3v) is 3.61. The molecule has 0 fully saturated rings. The molecule has 2 heteroatoms. The number of benzene rings is 1. The largest absolute Gasteiger partial charge is 0.507 e. The summed E-state index contributed by atoms with van der Waals surface area (Å²) in [6.07, 6.45) is 4.07. The number of hydrogen-bond donors (Lipinski definition) is 1. The lowest BCUT2D eigenvalue weighted by Crippen LogP contribution is -2.18. The molecule has 0 aliphatic heterocycles. The Kier molecular flexibility index (Phi) is 3.45. The van der Waals surface area contributed by atoms with Crippen molar-refractivity contribution in [1.29, 1.82) is 0 Å². The SMILES string of the molecule is CC(C)(C)c1cc(-n2cccc2)cc(C(C)(C)C)c1O. The van der Waals surface area contributed by atoms with Crippen LogP contribution in [0.1, 0.15) is 52.7 Å². The van der Waals surface area contributed by atoms with Gasteiger partial charge in [-0.2, -0.15) is 0 Å². The zero-order valence-electron chi connectivity index (χ0n) is 13.4. The van der Waals surface area contributed by atoms with Gasteiger partial charge in [-0.25, -0.2) is 0 Å². The van der Waals surface area contributed by atoms with Crippen molar-refractivity contribution in [3.8, 4) is 11.4 Å². The Balaban J connectivity index is 2.74. The maximum Gasteiger partial charge on any atom is 0.123 e. The van der Waals surface area contributed by atoms with E-state index in [2.05, 4.69) is 58.2 Å². The first kappa shape index (κ1) is 14.7. The minimum atomic E-state index is -0.0900. The van der Waals surface area contributed by atoms with E-state index < -0.39 is 0 Å². The highest BCUT2D eigenvalue weighted by molar-refractivity contribution is 5.54. The highest BCUT2D eigenvalue weighted by Crippen LogP contribution is 2.40. The minimum Gasteiger partial charge on any atom is -0.507 e. The normalized spacial score (nSPS) is 12.7. The fraction of sp³-hybridized carbons (Fsp3) is 0.444.